The van der Waals surface area contributed by atoms with Crippen molar-refractivity contribution >= 4 is 5.91 Å². The predicted octanol–water partition coefficient (Wildman–Crippen LogP) is 2.58. The Hall–Kier alpha value is -0.530. The van der Waals surface area contributed by atoms with Gasteiger partial charge in [-0.1, -0.05) is 0 Å². The standard InChI is InChI=1S/C17H23NO/c19-15-1-2-17(18-15)9-6-11-10-3-8-4-13(11)16(17)14(5-8)12(10)7-9/h8-14,16H,1-7H2,(H,18,19). The molecule has 1 N–H and O–H groups in total. The van der Waals surface area contributed by atoms with E-state index in [-0.39, 0.29) is 5.54 Å². The van der Waals surface area contributed by atoms with Crippen molar-refractivity contribution in [1.82, 2.24) is 5.32 Å². The van der Waals surface area contributed by atoms with Gasteiger partial charge in [-0.25, -0.2) is 0 Å². The number of amides is 1. The molecule has 2 heteroatoms. The Bertz CT molecular complexity index is 464. The molecule has 5 unspecified atom stereocenters. The molecule has 1 amide bonds. The number of carbonyl (C=O) groups excluding carboxylic acids is 1. The summed E-state index contributed by atoms with van der Waals surface area (Å²) in [5, 5.41) is 3.53. The molecule has 2 nitrogen and oxygen atoms in total. The van der Waals surface area contributed by atoms with Crippen LogP contribution < -0.4 is 5.32 Å². The topological polar surface area (TPSA) is 29.1 Å². The Morgan fingerprint density at radius 3 is 2.16 bits per heavy atom. The Morgan fingerprint density at radius 2 is 1.53 bits per heavy atom. The van der Waals surface area contributed by atoms with Crippen LogP contribution in [0.25, 0.3) is 0 Å². The third-order valence-corrected chi connectivity index (χ3v) is 8.51. The number of hydrogen-bond acceptors (Lipinski definition) is 1. The lowest BCUT2D eigenvalue weighted by atomic mass is 9.32. The van der Waals surface area contributed by atoms with Crippen LogP contribution in [0.4, 0.5) is 0 Å². The van der Waals surface area contributed by atoms with Gasteiger partial charge in [-0.15, -0.1) is 0 Å². The van der Waals surface area contributed by atoms with Crippen LogP contribution in [0.15, 0.2) is 0 Å². The number of carbonyl (C=O) groups is 1. The minimum atomic E-state index is 0.271. The van der Waals surface area contributed by atoms with Crippen molar-refractivity contribution in [3.8, 4) is 0 Å². The maximum Gasteiger partial charge on any atom is 0.220 e. The molecule has 1 saturated heterocycles. The molecule has 1 heterocycles. The highest BCUT2D eigenvalue weighted by molar-refractivity contribution is 5.79. The van der Waals surface area contributed by atoms with Crippen molar-refractivity contribution in [2.24, 2.45) is 47.3 Å². The van der Waals surface area contributed by atoms with Crippen LogP contribution in [-0.2, 0) is 4.79 Å². The van der Waals surface area contributed by atoms with Crippen molar-refractivity contribution in [3.63, 3.8) is 0 Å². The van der Waals surface area contributed by atoms with Gasteiger partial charge in [0.1, 0.15) is 0 Å². The van der Waals surface area contributed by atoms with Crippen LogP contribution in [0, 0.1) is 47.3 Å². The maximum atomic E-state index is 11.9. The summed E-state index contributed by atoms with van der Waals surface area (Å²) in [7, 11) is 0. The fourth-order valence-corrected chi connectivity index (χ4v) is 8.41. The second-order valence-corrected chi connectivity index (χ2v) is 8.68. The second kappa shape index (κ2) is 2.89. The first-order valence-corrected chi connectivity index (χ1v) is 8.57. The van der Waals surface area contributed by atoms with E-state index < -0.39 is 0 Å². The summed E-state index contributed by atoms with van der Waals surface area (Å²) in [6.45, 7) is 0. The van der Waals surface area contributed by atoms with Crippen molar-refractivity contribution in [2.75, 3.05) is 0 Å². The smallest absolute Gasteiger partial charge is 0.220 e. The van der Waals surface area contributed by atoms with Gasteiger partial charge in [-0.2, -0.15) is 0 Å². The predicted molar refractivity (Wildman–Crippen MR) is 71.1 cm³/mol. The van der Waals surface area contributed by atoms with Crippen LogP contribution >= 0.6 is 0 Å². The zero-order valence-electron chi connectivity index (χ0n) is 11.5. The van der Waals surface area contributed by atoms with Crippen LogP contribution in [0.2, 0.25) is 0 Å². The van der Waals surface area contributed by atoms with Crippen LogP contribution in [0.5, 0.6) is 0 Å². The number of nitrogens with one attached hydrogen (secondary N) is 1. The molecule has 1 spiro atoms. The molecule has 0 aromatic rings. The summed E-state index contributed by atoms with van der Waals surface area (Å²) in [6.07, 6.45) is 9.50. The molecule has 0 aromatic heterocycles. The molecule has 5 atom stereocenters. The fraction of sp³-hybridized carbons (Fsp3) is 0.941. The van der Waals surface area contributed by atoms with E-state index in [9.17, 15) is 4.79 Å². The van der Waals surface area contributed by atoms with E-state index in [0.29, 0.717) is 5.91 Å². The fourth-order valence-electron chi connectivity index (χ4n) is 8.41. The van der Waals surface area contributed by atoms with Gasteiger partial charge in [0.05, 0.1) is 0 Å². The lowest BCUT2D eigenvalue weighted by Crippen LogP contribution is -2.74. The Balaban J connectivity index is 1.53. The number of rotatable bonds is 0. The molecule has 7 saturated carbocycles. The molecule has 0 radical (unpaired) electrons. The van der Waals surface area contributed by atoms with Crippen molar-refractivity contribution < 1.29 is 4.79 Å². The van der Waals surface area contributed by atoms with E-state index in [1.807, 2.05) is 0 Å². The Morgan fingerprint density at radius 1 is 0.895 bits per heavy atom. The van der Waals surface area contributed by atoms with Gasteiger partial charge in [0.25, 0.3) is 0 Å². The van der Waals surface area contributed by atoms with Gasteiger partial charge in [0.15, 0.2) is 0 Å². The van der Waals surface area contributed by atoms with E-state index >= 15 is 0 Å². The van der Waals surface area contributed by atoms with Gasteiger partial charge in [-0.3, -0.25) is 4.79 Å². The SMILES string of the molecule is O=C1CCC2(N1)C1CC3C4CC5CC3C2C(C5)C4C1. The zero-order chi connectivity index (χ0) is 12.4. The highest BCUT2D eigenvalue weighted by Crippen LogP contribution is 2.74. The summed E-state index contributed by atoms with van der Waals surface area (Å²) in [5.74, 6) is 8.36. The van der Waals surface area contributed by atoms with Crippen LogP contribution in [-0.4, -0.2) is 11.4 Å². The van der Waals surface area contributed by atoms with Crippen LogP contribution in [0.1, 0.15) is 44.9 Å². The van der Waals surface area contributed by atoms with Gasteiger partial charge in [-0.05, 0) is 85.9 Å². The molecular weight excluding hydrogens is 234 g/mol. The van der Waals surface area contributed by atoms with Gasteiger partial charge in [0, 0.05) is 12.0 Å². The third kappa shape index (κ3) is 0.946. The average molecular weight is 257 g/mol. The Labute approximate surface area is 114 Å². The van der Waals surface area contributed by atoms with Gasteiger partial charge in [0.2, 0.25) is 5.91 Å². The zero-order valence-corrected chi connectivity index (χ0v) is 11.5. The Kier molecular flexibility index (Phi) is 1.56. The van der Waals surface area contributed by atoms with Gasteiger partial charge < -0.3 is 5.32 Å². The first-order chi connectivity index (χ1) is 9.26. The quantitative estimate of drug-likeness (QED) is 0.710. The highest BCUT2D eigenvalue weighted by Gasteiger charge is 2.71. The number of hydrogen-bond donors (Lipinski definition) is 1. The molecule has 19 heavy (non-hydrogen) atoms. The summed E-state index contributed by atoms with van der Waals surface area (Å²) in [5.41, 5.74) is 0.271. The molecular formula is C17H23NO. The summed E-state index contributed by atoms with van der Waals surface area (Å²) >= 11 is 0. The molecule has 8 rings (SSSR count). The summed E-state index contributed by atoms with van der Waals surface area (Å²) in [6, 6.07) is 0. The van der Waals surface area contributed by atoms with E-state index in [4.69, 9.17) is 0 Å². The van der Waals surface area contributed by atoms with E-state index in [1.54, 1.807) is 6.42 Å². The normalized spacial score (nSPS) is 67.3. The van der Waals surface area contributed by atoms with Crippen LogP contribution in [0.3, 0.4) is 0 Å². The molecule has 1 aliphatic heterocycles. The van der Waals surface area contributed by atoms with Crippen molar-refractivity contribution in [3.05, 3.63) is 0 Å². The monoisotopic (exact) mass is 257 g/mol. The molecule has 8 fully saturated rings. The van der Waals surface area contributed by atoms with E-state index in [1.165, 1.54) is 32.1 Å². The largest absolute Gasteiger partial charge is 0.350 e. The molecule has 8 aliphatic rings. The van der Waals surface area contributed by atoms with Crippen molar-refractivity contribution in [1.29, 1.82) is 0 Å². The highest BCUT2D eigenvalue weighted by atomic mass is 16.2. The third-order valence-electron chi connectivity index (χ3n) is 8.51. The summed E-state index contributed by atoms with van der Waals surface area (Å²) < 4.78 is 0. The van der Waals surface area contributed by atoms with Crippen molar-refractivity contribution in [2.45, 2.75) is 50.5 Å². The van der Waals surface area contributed by atoms with E-state index in [0.717, 1.165) is 53.8 Å². The maximum absolute atomic E-state index is 11.9. The molecule has 0 aromatic carbocycles. The average Bonchev–Trinajstić information content (AvgIpc) is 2.79. The first kappa shape index (κ1) is 10.2. The second-order valence-electron chi connectivity index (χ2n) is 8.68. The van der Waals surface area contributed by atoms with Gasteiger partial charge >= 0.3 is 0 Å². The first-order valence-electron chi connectivity index (χ1n) is 8.57. The minimum absolute atomic E-state index is 0.271. The summed E-state index contributed by atoms with van der Waals surface area (Å²) in [4.78, 5) is 11.9. The molecule has 7 aliphatic carbocycles. The lowest BCUT2D eigenvalue weighted by Gasteiger charge is -2.74. The molecule has 8 bridgehead atoms. The minimum Gasteiger partial charge on any atom is -0.350 e. The lowest BCUT2D eigenvalue weighted by molar-refractivity contribution is -0.240. The van der Waals surface area contributed by atoms with E-state index in [2.05, 4.69) is 5.32 Å². The molecule has 102 valence electrons.